The molecule has 146 valence electrons. The highest BCUT2D eigenvalue weighted by atomic mass is 16.7. The van der Waals surface area contributed by atoms with E-state index in [1.165, 1.54) is 0 Å². The third-order valence-electron chi connectivity index (χ3n) is 6.15. The molecule has 0 aromatic heterocycles. The molecule has 29 heavy (non-hydrogen) atoms. The summed E-state index contributed by atoms with van der Waals surface area (Å²) in [6.07, 6.45) is 3.33. The number of fused-ring (bicyclic) bond motifs is 5. The average molecular weight is 388 g/mol. The molecule has 5 rings (SSSR count). The Hall–Kier alpha value is -3.28. The number of nitrogens with zero attached hydrogens (tertiary/aromatic N) is 2. The molecule has 2 saturated carbocycles. The highest BCUT2D eigenvalue weighted by Crippen LogP contribution is 2.52. The molecule has 1 aliphatic heterocycles. The fraction of sp³-hybridized carbons (Fsp3) is 0.304. The summed E-state index contributed by atoms with van der Waals surface area (Å²) >= 11 is 0. The minimum absolute atomic E-state index is 0.00217. The van der Waals surface area contributed by atoms with Gasteiger partial charge >= 0.3 is 5.97 Å². The van der Waals surface area contributed by atoms with Gasteiger partial charge in [-0.2, -0.15) is 0 Å². The maximum absolute atomic E-state index is 13.2. The van der Waals surface area contributed by atoms with E-state index in [2.05, 4.69) is 10.3 Å². The minimum atomic E-state index is -0.618. The second-order valence-corrected chi connectivity index (χ2v) is 7.79. The van der Waals surface area contributed by atoms with Gasteiger partial charge in [0.05, 0.1) is 5.56 Å². The molecule has 0 N–H and O–H groups in total. The van der Waals surface area contributed by atoms with Crippen molar-refractivity contribution in [2.75, 3.05) is 0 Å². The summed E-state index contributed by atoms with van der Waals surface area (Å²) in [6.45, 7) is 0. The van der Waals surface area contributed by atoms with Crippen LogP contribution in [0.2, 0.25) is 0 Å². The smallest absolute Gasteiger partial charge is 0.365 e. The van der Waals surface area contributed by atoms with Gasteiger partial charge in [-0.05, 0) is 43.2 Å². The van der Waals surface area contributed by atoms with Crippen LogP contribution in [0.1, 0.15) is 40.0 Å². The topological polar surface area (TPSA) is 77.3 Å². The van der Waals surface area contributed by atoms with E-state index in [9.17, 15) is 9.59 Å². The molecule has 0 amide bonds. The van der Waals surface area contributed by atoms with E-state index in [-0.39, 0.29) is 23.5 Å². The second-order valence-electron chi connectivity index (χ2n) is 7.79. The molecule has 6 heteroatoms. The summed E-state index contributed by atoms with van der Waals surface area (Å²) in [5.41, 5.74) is 1.40. The van der Waals surface area contributed by atoms with Crippen molar-refractivity contribution in [3.05, 3.63) is 71.8 Å². The number of rotatable bonds is 5. The first-order valence-electron chi connectivity index (χ1n) is 9.90. The van der Waals surface area contributed by atoms with E-state index in [4.69, 9.17) is 9.68 Å². The van der Waals surface area contributed by atoms with Crippen LogP contribution >= 0.6 is 0 Å². The Balaban J connectivity index is 1.47. The maximum atomic E-state index is 13.2. The molecule has 1 heterocycles. The van der Waals surface area contributed by atoms with E-state index >= 15 is 0 Å². The van der Waals surface area contributed by atoms with Crippen molar-refractivity contribution in [1.82, 2.24) is 0 Å². The number of hydrogen-bond acceptors (Lipinski definition) is 6. The van der Waals surface area contributed by atoms with Gasteiger partial charge in [0.2, 0.25) is 5.78 Å². The number of carbonyl (C=O) groups excluding carboxylic acids is 2. The SMILES string of the molecule is O=C(O/N=C(\C(=O)c1ccccc1)C1=NO[C@H]2[C@@H]3CC[C@@H](C3)[C@@H]12)c1ccccc1. The molecule has 2 fully saturated rings. The molecular weight excluding hydrogens is 368 g/mol. The first kappa shape index (κ1) is 17.8. The van der Waals surface area contributed by atoms with E-state index in [1.807, 2.05) is 12.1 Å². The highest BCUT2D eigenvalue weighted by Gasteiger charge is 2.56. The summed E-state index contributed by atoms with van der Waals surface area (Å²) in [5.74, 6) is 0.0110. The van der Waals surface area contributed by atoms with E-state index in [0.717, 1.165) is 19.3 Å². The third kappa shape index (κ3) is 3.14. The molecule has 6 nitrogen and oxygen atoms in total. The average Bonchev–Trinajstić information content (AvgIpc) is 3.49. The van der Waals surface area contributed by atoms with Gasteiger partial charge in [-0.3, -0.25) is 4.79 Å². The third-order valence-corrected chi connectivity index (χ3v) is 6.15. The van der Waals surface area contributed by atoms with Gasteiger partial charge in [-0.25, -0.2) is 4.79 Å². The van der Waals surface area contributed by atoms with Gasteiger partial charge in [-0.1, -0.05) is 58.8 Å². The standard InChI is InChI=1S/C23H20N2O4/c26-21(14-7-3-1-4-8-14)20(25-29-23(27)15-9-5-2-6-10-15)19-18-16-11-12-17(13-16)22(18)28-24-19/h1-10,16-18,22H,11-13H2/b25-20-/t16-,17+,18-,22-/m0/s1. The Morgan fingerprint density at radius 3 is 2.31 bits per heavy atom. The zero-order chi connectivity index (χ0) is 19.8. The van der Waals surface area contributed by atoms with Crippen LogP contribution in [0.3, 0.4) is 0 Å². The van der Waals surface area contributed by atoms with Gasteiger partial charge in [0.1, 0.15) is 11.8 Å². The summed E-state index contributed by atoms with van der Waals surface area (Å²) in [5, 5.41) is 8.24. The van der Waals surface area contributed by atoms with Crippen molar-refractivity contribution in [2.24, 2.45) is 28.1 Å². The molecule has 0 unspecified atom stereocenters. The molecule has 2 bridgehead atoms. The Kier molecular flexibility index (Phi) is 4.46. The van der Waals surface area contributed by atoms with Crippen molar-refractivity contribution in [3.8, 4) is 0 Å². The van der Waals surface area contributed by atoms with Crippen LogP contribution in [-0.2, 0) is 9.68 Å². The van der Waals surface area contributed by atoms with Crippen molar-refractivity contribution in [3.63, 3.8) is 0 Å². The van der Waals surface area contributed by atoms with Crippen molar-refractivity contribution >= 4 is 23.2 Å². The van der Waals surface area contributed by atoms with E-state index in [1.54, 1.807) is 48.5 Å². The van der Waals surface area contributed by atoms with Crippen molar-refractivity contribution in [2.45, 2.75) is 25.4 Å². The molecule has 3 aliphatic rings. The lowest BCUT2D eigenvalue weighted by Gasteiger charge is -2.23. The summed E-state index contributed by atoms with van der Waals surface area (Å²) in [4.78, 5) is 36.4. The van der Waals surface area contributed by atoms with Crippen LogP contribution < -0.4 is 0 Å². The Bertz CT molecular complexity index is 1000. The Morgan fingerprint density at radius 2 is 1.59 bits per heavy atom. The Labute approximate surface area is 168 Å². The van der Waals surface area contributed by atoms with Crippen LogP contribution in [-0.4, -0.2) is 29.3 Å². The molecule has 0 radical (unpaired) electrons. The predicted octanol–water partition coefficient (Wildman–Crippen LogP) is 3.88. The molecule has 0 saturated heterocycles. The number of hydrogen-bond donors (Lipinski definition) is 0. The fourth-order valence-corrected chi connectivity index (χ4v) is 4.79. The van der Waals surface area contributed by atoms with Gasteiger partial charge in [0, 0.05) is 11.5 Å². The van der Waals surface area contributed by atoms with Crippen LogP contribution in [0.5, 0.6) is 0 Å². The van der Waals surface area contributed by atoms with Gasteiger partial charge < -0.3 is 9.68 Å². The number of carbonyl (C=O) groups is 2. The van der Waals surface area contributed by atoms with Gasteiger partial charge in [-0.15, -0.1) is 0 Å². The maximum Gasteiger partial charge on any atom is 0.365 e. The van der Waals surface area contributed by atoms with Crippen LogP contribution in [0.15, 0.2) is 71.0 Å². The molecule has 4 atom stereocenters. The zero-order valence-corrected chi connectivity index (χ0v) is 15.7. The van der Waals surface area contributed by atoms with Crippen LogP contribution in [0.25, 0.3) is 0 Å². The quantitative estimate of drug-likeness (QED) is 0.337. The number of benzene rings is 2. The normalized spacial score (nSPS) is 27.2. The molecule has 2 aromatic rings. The van der Waals surface area contributed by atoms with E-state index < -0.39 is 5.97 Å². The summed E-state index contributed by atoms with van der Waals surface area (Å²) in [6, 6.07) is 17.4. The predicted molar refractivity (Wildman–Crippen MR) is 107 cm³/mol. The van der Waals surface area contributed by atoms with Crippen molar-refractivity contribution < 1.29 is 19.3 Å². The van der Waals surface area contributed by atoms with Gasteiger partial charge in [0.25, 0.3) is 0 Å². The molecular formula is C23H20N2O4. The van der Waals surface area contributed by atoms with Crippen LogP contribution in [0.4, 0.5) is 0 Å². The fourth-order valence-electron chi connectivity index (χ4n) is 4.79. The molecule has 0 spiro atoms. The van der Waals surface area contributed by atoms with E-state index in [0.29, 0.717) is 28.7 Å². The Morgan fingerprint density at radius 1 is 0.931 bits per heavy atom. The number of oxime groups is 2. The van der Waals surface area contributed by atoms with Crippen LogP contribution in [0, 0.1) is 17.8 Å². The minimum Gasteiger partial charge on any atom is -0.391 e. The first-order chi connectivity index (χ1) is 14.2. The largest absolute Gasteiger partial charge is 0.391 e. The first-order valence-corrected chi connectivity index (χ1v) is 9.90. The molecule has 2 aliphatic carbocycles. The highest BCUT2D eigenvalue weighted by molar-refractivity contribution is 6.70. The summed E-state index contributed by atoms with van der Waals surface area (Å²) < 4.78 is 0. The number of ketones is 1. The lowest BCUT2D eigenvalue weighted by Crippen LogP contribution is -2.36. The monoisotopic (exact) mass is 388 g/mol. The lowest BCUT2D eigenvalue weighted by molar-refractivity contribution is 0.0275. The zero-order valence-electron chi connectivity index (χ0n) is 15.7. The van der Waals surface area contributed by atoms with Gasteiger partial charge in [0.15, 0.2) is 5.71 Å². The lowest BCUT2D eigenvalue weighted by atomic mass is 9.81. The number of Topliss-reactive ketones (excluding diaryl/α,β-unsaturated/α-hetero) is 1. The summed E-state index contributed by atoms with van der Waals surface area (Å²) in [7, 11) is 0. The molecule has 2 aromatic carbocycles. The second kappa shape index (κ2) is 7.28. The van der Waals surface area contributed by atoms with Crippen molar-refractivity contribution in [1.29, 1.82) is 0 Å².